The van der Waals surface area contributed by atoms with Gasteiger partial charge >= 0.3 is 0 Å². The van der Waals surface area contributed by atoms with E-state index in [1.54, 1.807) is 6.20 Å². The Labute approximate surface area is 155 Å². The molecular weight excluding hydrogens is 340 g/mol. The van der Waals surface area contributed by atoms with E-state index in [1.807, 2.05) is 24.7 Å². The molecule has 0 aromatic carbocycles. The third kappa shape index (κ3) is 2.77. The van der Waals surface area contributed by atoms with Gasteiger partial charge in [-0.05, 0) is 31.2 Å². The number of fused-ring (bicyclic) bond motifs is 3. The topological polar surface area (TPSA) is 108 Å². The maximum atomic E-state index is 8.79. The summed E-state index contributed by atoms with van der Waals surface area (Å²) in [7, 11) is 0. The number of aromatic amines is 1. The molecule has 0 radical (unpaired) electrons. The van der Waals surface area contributed by atoms with Gasteiger partial charge in [0, 0.05) is 18.7 Å². The number of nitrogens with zero attached hydrogens (tertiary/aromatic N) is 6. The van der Waals surface area contributed by atoms with Crippen LogP contribution >= 0.6 is 0 Å². The highest BCUT2D eigenvalue weighted by Crippen LogP contribution is 2.38. The first kappa shape index (κ1) is 15.8. The van der Waals surface area contributed by atoms with Crippen LogP contribution < -0.4 is 5.32 Å². The summed E-state index contributed by atoms with van der Waals surface area (Å²) in [6.45, 7) is 0.849. The van der Waals surface area contributed by atoms with Gasteiger partial charge in [0.1, 0.15) is 17.7 Å². The van der Waals surface area contributed by atoms with Gasteiger partial charge in [-0.2, -0.15) is 5.26 Å². The van der Waals surface area contributed by atoms with Crippen LogP contribution in [0.5, 0.6) is 0 Å². The van der Waals surface area contributed by atoms with Gasteiger partial charge in [0.05, 0.1) is 35.8 Å². The standard InChI is InChI=1S/C19H18N8/c20-6-14-8-24-17(11-22-14)23-7-12-1-2-13(5-12)19-26-10-15-9-25-18-16(27(15)19)3-4-21-18/h3-4,8-13,21H,1-2,5,7H2,(H,23,24). The number of imidazole rings is 1. The highest BCUT2D eigenvalue weighted by Gasteiger charge is 2.29. The molecule has 0 aliphatic heterocycles. The first-order valence-electron chi connectivity index (χ1n) is 9.07. The monoisotopic (exact) mass is 358 g/mol. The van der Waals surface area contributed by atoms with Crippen molar-refractivity contribution in [2.24, 2.45) is 5.92 Å². The largest absolute Gasteiger partial charge is 0.369 e. The smallest absolute Gasteiger partial charge is 0.158 e. The fourth-order valence-corrected chi connectivity index (χ4v) is 4.01. The summed E-state index contributed by atoms with van der Waals surface area (Å²) in [5, 5.41) is 12.1. The zero-order valence-electron chi connectivity index (χ0n) is 14.6. The van der Waals surface area contributed by atoms with Crippen LogP contribution in [0.25, 0.3) is 16.7 Å². The summed E-state index contributed by atoms with van der Waals surface area (Å²) >= 11 is 0. The molecule has 8 heteroatoms. The molecule has 0 spiro atoms. The zero-order valence-corrected chi connectivity index (χ0v) is 14.6. The van der Waals surface area contributed by atoms with Crippen molar-refractivity contribution in [2.75, 3.05) is 11.9 Å². The Balaban J connectivity index is 1.31. The predicted molar refractivity (Wildman–Crippen MR) is 100 cm³/mol. The molecule has 4 aromatic heterocycles. The Kier molecular flexibility index (Phi) is 3.71. The Morgan fingerprint density at radius 2 is 2.07 bits per heavy atom. The average Bonchev–Trinajstić information content (AvgIpc) is 3.44. The number of nitriles is 1. The molecule has 5 rings (SSSR count). The van der Waals surface area contributed by atoms with Gasteiger partial charge in [0.2, 0.25) is 0 Å². The van der Waals surface area contributed by atoms with Gasteiger partial charge in [-0.1, -0.05) is 0 Å². The van der Waals surface area contributed by atoms with Crippen LogP contribution in [0.1, 0.15) is 36.7 Å². The van der Waals surface area contributed by atoms with E-state index >= 15 is 0 Å². The first-order valence-corrected chi connectivity index (χ1v) is 9.07. The Morgan fingerprint density at radius 3 is 2.93 bits per heavy atom. The Morgan fingerprint density at radius 1 is 1.15 bits per heavy atom. The number of anilines is 1. The summed E-state index contributed by atoms with van der Waals surface area (Å²) in [5.74, 6) is 2.83. The highest BCUT2D eigenvalue weighted by atomic mass is 15.1. The minimum Gasteiger partial charge on any atom is -0.369 e. The fraction of sp³-hybridized carbons (Fsp3) is 0.316. The molecule has 1 fully saturated rings. The lowest BCUT2D eigenvalue weighted by Gasteiger charge is -2.13. The van der Waals surface area contributed by atoms with Crippen molar-refractivity contribution in [3.05, 3.63) is 48.6 Å². The normalized spacial score (nSPS) is 19.5. The molecular formula is C19H18N8. The second-order valence-electron chi connectivity index (χ2n) is 7.00. The number of hydrogen-bond donors (Lipinski definition) is 2. The fourth-order valence-electron chi connectivity index (χ4n) is 4.01. The van der Waals surface area contributed by atoms with Crippen molar-refractivity contribution in [3.8, 4) is 6.07 Å². The molecule has 1 aliphatic carbocycles. The van der Waals surface area contributed by atoms with E-state index in [4.69, 9.17) is 10.2 Å². The minimum absolute atomic E-state index is 0.332. The number of rotatable bonds is 4. The Hall–Kier alpha value is -3.47. The van der Waals surface area contributed by atoms with Gasteiger partial charge in [0.25, 0.3) is 0 Å². The van der Waals surface area contributed by atoms with Crippen molar-refractivity contribution in [1.82, 2.24) is 29.3 Å². The van der Waals surface area contributed by atoms with Crippen molar-refractivity contribution in [3.63, 3.8) is 0 Å². The molecule has 0 saturated heterocycles. The molecule has 27 heavy (non-hydrogen) atoms. The van der Waals surface area contributed by atoms with E-state index in [0.717, 1.165) is 48.3 Å². The minimum atomic E-state index is 0.332. The van der Waals surface area contributed by atoms with Gasteiger partial charge < -0.3 is 10.3 Å². The number of H-pyrrole nitrogens is 1. The maximum absolute atomic E-state index is 8.79. The first-order chi connectivity index (χ1) is 13.3. The average molecular weight is 358 g/mol. The van der Waals surface area contributed by atoms with E-state index in [2.05, 4.69) is 35.7 Å². The second kappa shape index (κ2) is 6.36. The van der Waals surface area contributed by atoms with Gasteiger partial charge in [-0.15, -0.1) is 0 Å². The van der Waals surface area contributed by atoms with E-state index in [9.17, 15) is 0 Å². The van der Waals surface area contributed by atoms with Crippen molar-refractivity contribution in [2.45, 2.75) is 25.2 Å². The summed E-state index contributed by atoms with van der Waals surface area (Å²) < 4.78 is 2.23. The van der Waals surface area contributed by atoms with E-state index < -0.39 is 0 Å². The number of nitrogens with one attached hydrogen (secondary N) is 2. The van der Waals surface area contributed by atoms with E-state index in [-0.39, 0.29) is 0 Å². The van der Waals surface area contributed by atoms with E-state index in [0.29, 0.717) is 23.3 Å². The lowest BCUT2D eigenvalue weighted by atomic mass is 10.0. The quantitative estimate of drug-likeness (QED) is 0.581. The second-order valence-corrected chi connectivity index (χ2v) is 7.00. The van der Waals surface area contributed by atoms with Crippen molar-refractivity contribution in [1.29, 1.82) is 5.26 Å². The number of aromatic nitrogens is 6. The van der Waals surface area contributed by atoms with Gasteiger partial charge in [0.15, 0.2) is 11.3 Å². The molecule has 4 aromatic rings. The summed E-state index contributed by atoms with van der Waals surface area (Å²) in [6, 6.07) is 4.03. The van der Waals surface area contributed by atoms with E-state index in [1.165, 1.54) is 6.20 Å². The molecule has 4 heterocycles. The van der Waals surface area contributed by atoms with Gasteiger partial charge in [-0.25, -0.2) is 19.9 Å². The SMILES string of the molecule is N#Cc1cnc(NCC2CCC(c3ncc4cnc5[nH]ccc5n34)C2)cn1. The molecule has 0 amide bonds. The zero-order chi connectivity index (χ0) is 18.2. The van der Waals surface area contributed by atoms with Crippen LogP contribution in [0.2, 0.25) is 0 Å². The summed E-state index contributed by atoms with van der Waals surface area (Å²) in [5.41, 5.74) is 3.33. The molecule has 1 aliphatic rings. The molecule has 2 N–H and O–H groups in total. The maximum Gasteiger partial charge on any atom is 0.158 e. The summed E-state index contributed by atoms with van der Waals surface area (Å²) in [6.07, 6.45) is 12.2. The molecule has 2 atom stereocenters. The van der Waals surface area contributed by atoms with Gasteiger partial charge in [-0.3, -0.25) is 4.40 Å². The van der Waals surface area contributed by atoms with Crippen molar-refractivity contribution >= 4 is 22.5 Å². The molecule has 2 unspecified atom stereocenters. The van der Waals surface area contributed by atoms with Crippen LogP contribution in [0.3, 0.4) is 0 Å². The predicted octanol–water partition coefficient (Wildman–Crippen LogP) is 2.87. The van der Waals surface area contributed by atoms with Crippen LogP contribution in [0.15, 0.2) is 37.1 Å². The Bertz CT molecular complexity index is 1130. The molecule has 134 valence electrons. The lowest BCUT2D eigenvalue weighted by molar-refractivity contribution is 0.559. The van der Waals surface area contributed by atoms with Crippen LogP contribution in [0.4, 0.5) is 5.82 Å². The third-order valence-corrected chi connectivity index (χ3v) is 5.33. The van der Waals surface area contributed by atoms with Crippen LogP contribution in [-0.2, 0) is 0 Å². The lowest BCUT2D eigenvalue weighted by Crippen LogP contribution is -2.13. The number of hydrogen-bond acceptors (Lipinski definition) is 6. The molecule has 1 saturated carbocycles. The molecule has 0 bridgehead atoms. The summed E-state index contributed by atoms with van der Waals surface area (Å²) in [4.78, 5) is 20.6. The van der Waals surface area contributed by atoms with Crippen molar-refractivity contribution < 1.29 is 0 Å². The molecule has 8 nitrogen and oxygen atoms in total. The highest BCUT2D eigenvalue weighted by molar-refractivity contribution is 5.75. The van der Waals surface area contributed by atoms with Crippen LogP contribution in [0, 0.1) is 17.2 Å². The van der Waals surface area contributed by atoms with Crippen LogP contribution in [-0.4, -0.2) is 35.9 Å². The third-order valence-electron chi connectivity index (χ3n) is 5.33.